The van der Waals surface area contributed by atoms with Crippen molar-refractivity contribution < 1.29 is 9.53 Å². The summed E-state index contributed by atoms with van der Waals surface area (Å²) in [4.78, 5) is 13.2. The molecule has 1 fully saturated rings. The highest BCUT2D eigenvalue weighted by Crippen LogP contribution is 2.59. The summed E-state index contributed by atoms with van der Waals surface area (Å²) < 4.78 is 5.38. The molecule has 0 aromatic heterocycles. The van der Waals surface area contributed by atoms with Crippen molar-refractivity contribution in [1.82, 2.24) is 0 Å². The largest absolute Gasteiger partial charge is 0.495 e. The van der Waals surface area contributed by atoms with Crippen LogP contribution in [0.4, 0.5) is 5.69 Å². The Balaban J connectivity index is 1.68. The summed E-state index contributed by atoms with van der Waals surface area (Å²) in [6, 6.07) is 24.7. The minimum absolute atomic E-state index is 0.0330. The number of para-hydroxylation sites is 2. The second-order valence-corrected chi connectivity index (χ2v) is 7.65. The lowest BCUT2D eigenvalue weighted by Crippen LogP contribution is -2.22. The first-order valence-electron chi connectivity index (χ1n) is 9.63. The zero-order valence-corrected chi connectivity index (χ0v) is 16.5. The Morgan fingerprint density at radius 2 is 1.43 bits per heavy atom. The summed E-state index contributed by atoms with van der Waals surface area (Å²) in [6.45, 7) is 4.17. The van der Waals surface area contributed by atoms with Crippen LogP contribution in [-0.2, 0) is 10.2 Å². The van der Waals surface area contributed by atoms with Crippen LogP contribution in [0.1, 0.15) is 28.7 Å². The number of aryl methyl sites for hydroxylation is 2. The molecule has 3 heteroatoms. The predicted molar refractivity (Wildman–Crippen MR) is 113 cm³/mol. The Hall–Kier alpha value is -3.07. The van der Waals surface area contributed by atoms with E-state index in [0.29, 0.717) is 11.4 Å². The minimum atomic E-state index is -0.270. The van der Waals surface area contributed by atoms with E-state index in [-0.39, 0.29) is 17.2 Å². The quantitative estimate of drug-likeness (QED) is 0.665. The average molecular weight is 371 g/mol. The van der Waals surface area contributed by atoms with E-state index in [1.54, 1.807) is 7.11 Å². The molecule has 1 N–H and O–H groups in total. The third-order valence-corrected chi connectivity index (χ3v) is 5.78. The summed E-state index contributed by atoms with van der Waals surface area (Å²) in [6.07, 6.45) is 0.806. The summed E-state index contributed by atoms with van der Waals surface area (Å²) >= 11 is 0. The van der Waals surface area contributed by atoms with Crippen molar-refractivity contribution in [2.75, 3.05) is 12.4 Å². The molecule has 1 saturated carbocycles. The number of rotatable bonds is 5. The van der Waals surface area contributed by atoms with Gasteiger partial charge in [-0.3, -0.25) is 4.79 Å². The maximum absolute atomic E-state index is 13.2. The highest BCUT2D eigenvalue weighted by molar-refractivity contribution is 5.98. The summed E-state index contributed by atoms with van der Waals surface area (Å²) in [7, 11) is 1.62. The fraction of sp³-hybridized carbons (Fsp3) is 0.240. The molecule has 1 atom stereocenters. The van der Waals surface area contributed by atoms with Crippen LogP contribution < -0.4 is 10.1 Å². The second-order valence-electron chi connectivity index (χ2n) is 7.65. The molecular weight excluding hydrogens is 346 g/mol. The minimum Gasteiger partial charge on any atom is -0.495 e. The number of amides is 1. The molecule has 142 valence electrons. The number of ether oxygens (including phenoxy) is 1. The molecule has 3 nitrogen and oxygen atoms in total. The molecule has 0 heterocycles. The van der Waals surface area contributed by atoms with Crippen molar-refractivity contribution in [3.8, 4) is 5.75 Å². The molecule has 0 radical (unpaired) electrons. The molecule has 1 aliphatic rings. The van der Waals surface area contributed by atoms with Gasteiger partial charge in [0.15, 0.2) is 0 Å². The van der Waals surface area contributed by atoms with Gasteiger partial charge < -0.3 is 10.1 Å². The van der Waals surface area contributed by atoms with Crippen LogP contribution >= 0.6 is 0 Å². The van der Waals surface area contributed by atoms with E-state index in [1.807, 2.05) is 24.3 Å². The first-order chi connectivity index (χ1) is 13.5. The number of hydrogen-bond donors (Lipinski definition) is 1. The number of nitrogens with one attached hydrogen (secondary N) is 1. The van der Waals surface area contributed by atoms with Crippen molar-refractivity contribution in [2.45, 2.75) is 25.7 Å². The average Bonchev–Trinajstić information content (AvgIpc) is 3.46. The van der Waals surface area contributed by atoms with E-state index in [1.165, 1.54) is 22.3 Å². The molecule has 0 aliphatic heterocycles. The van der Waals surface area contributed by atoms with E-state index >= 15 is 0 Å². The number of methoxy groups -OCH3 is 1. The Bertz CT molecular complexity index is 944. The van der Waals surface area contributed by atoms with Crippen molar-refractivity contribution >= 4 is 11.6 Å². The lowest BCUT2D eigenvalue weighted by Gasteiger charge is -2.20. The van der Waals surface area contributed by atoms with Gasteiger partial charge >= 0.3 is 0 Å². The SMILES string of the molecule is COc1ccccc1NC(=O)[C@@H]1CC1(c1ccc(C)cc1)c1ccc(C)cc1. The maximum Gasteiger partial charge on any atom is 0.228 e. The van der Waals surface area contributed by atoms with E-state index in [0.717, 1.165) is 6.42 Å². The third kappa shape index (κ3) is 3.18. The van der Waals surface area contributed by atoms with Gasteiger partial charge in [0, 0.05) is 5.41 Å². The molecule has 1 aliphatic carbocycles. The van der Waals surface area contributed by atoms with Crippen molar-refractivity contribution in [3.63, 3.8) is 0 Å². The fourth-order valence-electron chi connectivity index (χ4n) is 4.05. The third-order valence-electron chi connectivity index (χ3n) is 5.78. The summed E-state index contributed by atoms with van der Waals surface area (Å²) in [5.74, 6) is 0.598. The molecule has 28 heavy (non-hydrogen) atoms. The topological polar surface area (TPSA) is 38.3 Å². The van der Waals surface area contributed by atoms with Gasteiger partial charge in [0.1, 0.15) is 5.75 Å². The lowest BCUT2D eigenvalue weighted by atomic mass is 9.85. The first kappa shape index (κ1) is 18.3. The Labute approximate surface area is 166 Å². The molecule has 0 spiro atoms. The van der Waals surface area contributed by atoms with E-state index < -0.39 is 0 Å². The monoisotopic (exact) mass is 371 g/mol. The molecule has 0 bridgehead atoms. The summed E-state index contributed by atoms with van der Waals surface area (Å²) in [5, 5.41) is 3.08. The normalized spacial score (nSPS) is 17.0. The highest BCUT2D eigenvalue weighted by Gasteiger charge is 2.60. The van der Waals surface area contributed by atoms with Gasteiger partial charge in [-0.1, -0.05) is 71.8 Å². The Kier molecular flexibility index (Phi) is 4.68. The van der Waals surface area contributed by atoms with E-state index in [4.69, 9.17) is 4.74 Å². The Morgan fingerprint density at radius 3 is 1.96 bits per heavy atom. The predicted octanol–water partition coefficient (Wildman–Crippen LogP) is 5.26. The number of carbonyl (C=O) groups is 1. The zero-order chi connectivity index (χ0) is 19.7. The van der Waals surface area contributed by atoms with Gasteiger partial charge in [-0.25, -0.2) is 0 Å². The standard InChI is InChI=1S/C25H25NO2/c1-17-8-12-19(13-9-17)25(20-14-10-18(2)11-15-20)16-21(25)24(27)26-22-6-4-5-7-23(22)28-3/h4-15,21H,16H2,1-3H3,(H,26,27)/t21-/m0/s1. The molecule has 1 amide bonds. The number of benzene rings is 3. The molecular formula is C25H25NO2. The van der Waals surface area contributed by atoms with Gasteiger partial charge in [0.25, 0.3) is 0 Å². The zero-order valence-electron chi connectivity index (χ0n) is 16.5. The van der Waals surface area contributed by atoms with E-state index in [9.17, 15) is 4.79 Å². The smallest absolute Gasteiger partial charge is 0.228 e. The first-order valence-corrected chi connectivity index (χ1v) is 9.63. The Morgan fingerprint density at radius 1 is 0.893 bits per heavy atom. The molecule has 3 aromatic rings. The van der Waals surface area contributed by atoms with Crippen LogP contribution in [0.15, 0.2) is 72.8 Å². The van der Waals surface area contributed by atoms with Crippen LogP contribution in [0.3, 0.4) is 0 Å². The van der Waals surface area contributed by atoms with Gasteiger partial charge in [-0.2, -0.15) is 0 Å². The fourth-order valence-corrected chi connectivity index (χ4v) is 4.05. The maximum atomic E-state index is 13.2. The van der Waals surface area contributed by atoms with Gasteiger partial charge in [0.2, 0.25) is 5.91 Å². The highest BCUT2D eigenvalue weighted by atomic mass is 16.5. The van der Waals surface area contributed by atoms with Gasteiger partial charge in [0.05, 0.1) is 18.7 Å². The molecule has 0 unspecified atom stereocenters. The lowest BCUT2D eigenvalue weighted by molar-refractivity contribution is -0.117. The van der Waals surface area contributed by atoms with Crippen LogP contribution in [0.25, 0.3) is 0 Å². The van der Waals surface area contributed by atoms with Crippen molar-refractivity contribution in [3.05, 3.63) is 95.1 Å². The van der Waals surface area contributed by atoms with Crippen LogP contribution in [0, 0.1) is 19.8 Å². The van der Waals surface area contributed by atoms with E-state index in [2.05, 4.69) is 67.7 Å². The van der Waals surface area contributed by atoms with Gasteiger partial charge in [-0.15, -0.1) is 0 Å². The van der Waals surface area contributed by atoms with Crippen LogP contribution in [0.5, 0.6) is 5.75 Å². The van der Waals surface area contributed by atoms with Crippen molar-refractivity contribution in [2.24, 2.45) is 5.92 Å². The molecule has 4 rings (SSSR count). The molecule has 3 aromatic carbocycles. The number of carbonyl (C=O) groups excluding carboxylic acids is 1. The van der Waals surface area contributed by atoms with Crippen LogP contribution in [-0.4, -0.2) is 13.0 Å². The molecule has 0 saturated heterocycles. The van der Waals surface area contributed by atoms with Crippen molar-refractivity contribution in [1.29, 1.82) is 0 Å². The van der Waals surface area contributed by atoms with Crippen LogP contribution in [0.2, 0.25) is 0 Å². The summed E-state index contributed by atoms with van der Waals surface area (Å²) in [5.41, 5.74) is 5.28. The second kappa shape index (κ2) is 7.16. The van der Waals surface area contributed by atoms with Gasteiger partial charge in [-0.05, 0) is 43.5 Å². The number of hydrogen-bond acceptors (Lipinski definition) is 2. The number of anilines is 1.